The van der Waals surface area contributed by atoms with Crippen LogP contribution in [0.5, 0.6) is 0 Å². The summed E-state index contributed by atoms with van der Waals surface area (Å²) in [5.74, 6) is 0. The van der Waals surface area contributed by atoms with E-state index in [4.69, 9.17) is 0 Å². The molecule has 0 saturated carbocycles. The second-order valence-corrected chi connectivity index (χ2v) is 176. The van der Waals surface area contributed by atoms with Crippen molar-refractivity contribution in [3.8, 4) is 0 Å². The van der Waals surface area contributed by atoms with Crippen LogP contribution in [0, 0.1) is 0 Å². The second-order valence-electron chi connectivity index (χ2n) is 28.5. The van der Waals surface area contributed by atoms with Gasteiger partial charge in [0.25, 0.3) is 0 Å². The largest absolute Gasteiger partial charge is 0.0721 e. The van der Waals surface area contributed by atoms with Gasteiger partial charge in [0.15, 0.2) is 0 Å². The molecule has 0 N–H and O–H groups in total. The maximum atomic E-state index is 2.61. The topological polar surface area (TPSA) is 0 Å². The Kier molecular flexibility index (Phi) is 39.8. The minimum absolute atomic E-state index is 0. The predicted molar refractivity (Wildman–Crippen MR) is 326 cm³/mol. The van der Waals surface area contributed by atoms with E-state index in [1.165, 1.54) is 0 Å². The molecule has 0 bridgehead atoms. The van der Waals surface area contributed by atoms with Crippen LogP contribution in [-0.4, -0.2) is 225 Å². The van der Waals surface area contributed by atoms with Crippen LogP contribution in [0.25, 0.3) is 0 Å². The quantitative estimate of drug-likeness (QED) is 0.171. The zero-order chi connectivity index (χ0) is 44.3. The van der Waals surface area contributed by atoms with E-state index >= 15 is 0 Å². The van der Waals surface area contributed by atoms with Gasteiger partial charge in [0.2, 0.25) is 0 Å². The normalized spacial score (nSPS) is 14.1. The van der Waals surface area contributed by atoms with Gasteiger partial charge in [-0.05, 0) is 0 Å². The van der Waals surface area contributed by atoms with Crippen molar-refractivity contribution in [1.29, 1.82) is 0 Å². The number of hydrogen-bond donors (Lipinski definition) is 0. The summed E-state index contributed by atoms with van der Waals surface area (Å²) in [6.07, 6.45) is 0. The van der Waals surface area contributed by atoms with Crippen LogP contribution in [0.3, 0.4) is 0 Å². The molecule has 0 amide bonds. The van der Waals surface area contributed by atoms with Gasteiger partial charge in [-0.1, -0.05) is 236 Å². The summed E-state index contributed by atoms with van der Waals surface area (Å²) < 4.78 is 0. The maximum absolute atomic E-state index is 2.61. The third kappa shape index (κ3) is 35.2. The summed E-state index contributed by atoms with van der Waals surface area (Å²) in [5, 5.41) is 0. The first kappa shape index (κ1) is 80.1. The van der Waals surface area contributed by atoms with Gasteiger partial charge in [-0.25, -0.2) is 0 Å². The predicted octanol–water partition coefficient (Wildman–Crippen LogP) is 13.4. The van der Waals surface area contributed by atoms with E-state index in [0.717, 1.165) is 0 Å². The average Bonchev–Trinajstić information content (AvgIpc) is 2.51. The van der Waals surface area contributed by atoms with Crippen molar-refractivity contribution in [2.45, 2.75) is 236 Å². The molecule has 0 aromatic carbocycles. The molecule has 0 heterocycles. The van der Waals surface area contributed by atoms with Crippen molar-refractivity contribution in [3.05, 3.63) is 0 Å². The third-order valence-electron chi connectivity index (χ3n) is 9.00. The van der Waals surface area contributed by atoms with Gasteiger partial charge in [0.05, 0.1) is 0 Å². The third-order valence-corrected chi connectivity index (χ3v) is 243. The van der Waals surface area contributed by atoms with Crippen molar-refractivity contribution in [2.75, 3.05) is 0 Å². The number of rotatable bonds is 12. The SMILES string of the molecule is C[Si](C)(C)[Si]([Si](C)(C)C)[Si](C)(C)C.C[Si](C)(C)[Si]([Si](C)(C)C)[Si](C)(C)C.C[Si](C)(C)[Si]([Si](C)(C)C)[Si](C)(C)C.C[Si](C)(C)[Si]([Si](C)(C)C)[Si](C)(C)C.[Bi].[Bi].[Bi].[Bi]. The Morgan fingerprint density at radius 3 is 0.161 bits per heavy atom. The van der Waals surface area contributed by atoms with Gasteiger partial charge in [-0.15, -0.1) is 0 Å². The van der Waals surface area contributed by atoms with Crippen molar-refractivity contribution < 1.29 is 0 Å². The molecule has 0 aliphatic heterocycles. The molecule has 0 saturated heterocycles. The van der Waals surface area contributed by atoms with Gasteiger partial charge >= 0.3 is 0 Å². The van der Waals surface area contributed by atoms with E-state index in [-0.39, 0.29) is 134 Å². The molecule has 0 aliphatic carbocycles. The van der Waals surface area contributed by atoms with E-state index in [2.05, 4.69) is 236 Å². The molecule has 0 fully saturated rings. The zero-order valence-electron chi connectivity index (χ0n) is 45.8. The summed E-state index contributed by atoms with van der Waals surface area (Å²) in [6, 6.07) is 0. The Labute approximate surface area is 453 Å². The minimum atomic E-state index is -0.832. The first-order chi connectivity index (χ1) is 21.5. The molecular formula is C36H108Bi4Si16. The Morgan fingerprint density at radius 2 is 0.161 bits per heavy atom. The van der Waals surface area contributed by atoms with E-state index < -0.39 is 91.1 Å². The summed E-state index contributed by atoms with van der Waals surface area (Å²) in [4.78, 5) is 0. The summed E-state index contributed by atoms with van der Waals surface area (Å²) >= 11 is 0. The summed E-state index contributed by atoms with van der Waals surface area (Å²) in [7, 11) is -9.88. The fraction of sp³-hybridized carbons (Fsp3) is 1.00. The monoisotopic (exact) mass is 1820 g/mol. The molecule has 0 aliphatic rings. The molecule has 0 unspecified atom stereocenters. The average molecular weight is 1830 g/mol. The maximum Gasteiger partial charge on any atom is 0.0306 e. The van der Waals surface area contributed by atoms with Gasteiger partial charge in [0.1, 0.15) is 0 Å². The molecule has 56 heavy (non-hydrogen) atoms. The van der Waals surface area contributed by atoms with Crippen LogP contribution < -0.4 is 0 Å². The molecule has 336 valence electrons. The molecule has 0 nitrogen and oxygen atoms in total. The van der Waals surface area contributed by atoms with Gasteiger partial charge in [-0.2, -0.15) is 0 Å². The Morgan fingerprint density at radius 1 is 0.125 bits per heavy atom. The first-order valence-corrected chi connectivity index (χ1v) is 81.0. The Balaban J connectivity index is -0.0000000893. The summed E-state index contributed by atoms with van der Waals surface area (Å²) in [5.41, 5.74) is 0. The smallest absolute Gasteiger partial charge is 0.0306 e. The first-order valence-electron chi connectivity index (χ1n) is 21.0. The fourth-order valence-electron chi connectivity index (χ4n) is 13.5. The Bertz CT molecular complexity index is 726. The number of hydrogen-bond acceptors (Lipinski definition) is 0. The molecule has 16 radical (unpaired) electrons. The molecule has 0 aromatic rings. The standard InChI is InChI=1S/4C9H27Si4.4Bi/c4*1-11(2,3)10(12(4,5)6)13(7,8)9;;;;/h4*1-9H3;;;;. The molecule has 0 spiro atoms. The van der Waals surface area contributed by atoms with Crippen LogP contribution >= 0.6 is 0 Å². The summed E-state index contributed by atoms with van der Waals surface area (Å²) in [6.45, 7) is 93.9. The van der Waals surface area contributed by atoms with Crippen LogP contribution in [0.15, 0.2) is 0 Å². The van der Waals surface area contributed by atoms with Crippen LogP contribution in [-0.2, 0) is 0 Å². The van der Waals surface area contributed by atoms with Gasteiger partial charge < -0.3 is 0 Å². The fourth-order valence-corrected chi connectivity index (χ4v) is 364. The van der Waals surface area contributed by atoms with Crippen molar-refractivity contribution >= 4 is 225 Å². The molecule has 0 aromatic heterocycles. The van der Waals surface area contributed by atoms with Crippen LogP contribution in [0.4, 0.5) is 0 Å². The van der Waals surface area contributed by atoms with Gasteiger partial charge in [-0.3, -0.25) is 0 Å². The molecule has 20 heteroatoms. The second kappa shape index (κ2) is 27.9. The van der Waals surface area contributed by atoms with Crippen molar-refractivity contribution in [2.24, 2.45) is 0 Å². The van der Waals surface area contributed by atoms with Gasteiger partial charge in [0, 0.05) is 225 Å². The minimum Gasteiger partial charge on any atom is -0.0721 e. The van der Waals surface area contributed by atoms with E-state index in [9.17, 15) is 0 Å². The molecular weight excluding hydrogens is 1720 g/mol. The molecule has 0 atom stereocenters. The van der Waals surface area contributed by atoms with E-state index in [0.29, 0.717) is 0 Å². The van der Waals surface area contributed by atoms with Crippen LogP contribution in [0.1, 0.15) is 0 Å². The van der Waals surface area contributed by atoms with E-state index in [1.54, 1.807) is 0 Å². The molecule has 0 rings (SSSR count). The zero-order valence-corrected chi connectivity index (χ0v) is 75.7. The van der Waals surface area contributed by atoms with Crippen molar-refractivity contribution in [3.63, 3.8) is 0 Å². The van der Waals surface area contributed by atoms with Crippen LogP contribution in [0.2, 0.25) is 236 Å². The Hall–Kier alpha value is 7.00. The van der Waals surface area contributed by atoms with Crippen molar-refractivity contribution in [1.82, 2.24) is 0 Å². The van der Waals surface area contributed by atoms with E-state index in [1.807, 2.05) is 0 Å².